The number of amides is 1. The van der Waals surface area contributed by atoms with E-state index in [1.165, 1.54) is 0 Å². The summed E-state index contributed by atoms with van der Waals surface area (Å²) in [6.45, 7) is 1.70. The average molecular weight is 278 g/mol. The van der Waals surface area contributed by atoms with E-state index in [4.69, 9.17) is 11.5 Å². The third-order valence-electron chi connectivity index (χ3n) is 3.37. The van der Waals surface area contributed by atoms with E-state index in [1.807, 2.05) is 42.5 Å². The first-order valence-corrected chi connectivity index (χ1v) is 6.49. The SMILES string of the molecule is Cc1nc(-c2ccc3ccccc3c2)nc(N)c1C(N)=O. The highest BCUT2D eigenvalue weighted by Crippen LogP contribution is 2.24. The van der Waals surface area contributed by atoms with Crippen molar-refractivity contribution in [3.05, 3.63) is 53.7 Å². The number of fused-ring (bicyclic) bond motifs is 1. The summed E-state index contributed by atoms with van der Waals surface area (Å²) in [4.78, 5) is 19.9. The van der Waals surface area contributed by atoms with Crippen LogP contribution in [0.2, 0.25) is 0 Å². The molecule has 0 spiro atoms. The Balaban J connectivity index is 2.16. The van der Waals surface area contributed by atoms with Crippen LogP contribution in [0.1, 0.15) is 16.1 Å². The van der Waals surface area contributed by atoms with Crippen molar-refractivity contribution in [1.29, 1.82) is 0 Å². The van der Waals surface area contributed by atoms with Gasteiger partial charge in [-0.15, -0.1) is 0 Å². The molecular weight excluding hydrogens is 264 g/mol. The molecule has 0 fully saturated rings. The van der Waals surface area contributed by atoms with Crippen molar-refractivity contribution in [2.75, 3.05) is 5.73 Å². The molecule has 104 valence electrons. The standard InChI is InChI=1S/C16H14N4O/c1-9-13(15(18)21)14(17)20-16(19-9)12-7-6-10-4-2-3-5-11(10)8-12/h2-8H,1H3,(H2,18,21)(H2,17,19,20). The van der Waals surface area contributed by atoms with Gasteiger partial charge in [-0.3, -0.25) is 4.79 Å². The highest BCUT2D eigenvalue weighted by molar-refractivity contribution is 5.98. The zero-order valence-electron chi connectivity index (χ0n) is 11.5. The summed E-state index contributed by atoms with van der Waals surface area (Å²) in [5.74, 6) is -0.0195. The average Bonchev–Trinajstić information content (AvgIpc) is 2.45. The number of aryl methyl sites for hydroxylation is 1. The molecule has 0 saturated carbocycles. The molecule has 0 atom stereocenters. The highest BCUT2D eigenvalue weighted by atomic mass is 16.1. The van der Waals surface area contributed by atoms with Gasteiger partial charge < -0.3 is 11.5 Å². The molecule has 0 aliphatic carbocycles. The molecule has 5 heteroatoms. The second-order valence-corrected chi connectivity index (χ2v) is 4.82. The number of aromatic nitrogens is 2. The molecule has 21 heavy (non-hydrogen) atoms. The lowest BCUT2D eigenvalue weighted by atomic mass is 10.1. The van der Waals surface area contributed by atoms with Crippen molar-refractivity contribution in [3.63, 3.8) is 0 Å². The Morgan fingerprint density at radius 1 is 1.05 bits per heavy atom. The van der Waals surface area contributed by atoms with Crippen molar-refractivity contribution in [2.45, 2.75) is 6.92 Å². The first-order chi connectivity index (χ1) is 10.1. The Kier molecular flexibility index (Phi) is 3.02. The molecule has 0 radical (unpaired) electrons. The summed E-state index contributed by atoms with van der Waals surface area (Å²) in [6, 6.07) is 13.9. The predicted molar refractivity (Wildman–Crippen MR) is 82.6 cm³/mol. The normalized spacial score (nSPS) is 10.7. The van der Waals surface area contributed by atoms with Crippen LogP contribution in [-0.4, -0.2) is 15.9 Å². The van der Waals surface area contributed by atoms with Crippen LogP contribution >= 0.6 is 0 Å². The number of nitrogens with two attached hydrogens (primary N) is 2. The summed E-state index contributed by atoms with van der Waals surface area (Å²) < 4.78 is 0. The van der Waals surface area contributed by atoms with Gasteiger partial charge in [-0.25, -0.2) is 9.97 Å². The van der Waals surface area contributed by atoms with Crippen LogP contribution < -0.4 is 11.5 Å². The minimum absolute atomic E-state index is 0.109. The van der Waals surface area contributed by atoms with E-state index >= 15 is 0 Å². The number of hydrogen-bond acceptors (Lipinski definition) is 4. The Hall–Kier alpha value is -2.95. The van der Waals surface area contributed by atoms with Gasteiger partial charge in [0.05, 0.1) is 5.69 Å². The second-order valence-electron chi connectivity index (χ2n) is 4.82. The number of hydrogen-bond donors (Lipinski definition) is 2. The largest absolute Gasteiger partial charge is 0.383 e. The maximum Gasteiger partial charge on any atom is 0.254 e. The van der Waals surface area contributed by atoms with Gasteiger partial charge in [0.15, 0.2) is 5.82 Å². The number of benzene rings is 2. The number of rotatable bonds is 2. The molecule has 0 unspecified atom stereocenters. The third-order valence-corrected chi connectivity index (χ3v) is 3.37. The molecule has 3 rings (SSSR count). The quantitative estimate of drug-likeness (QED) is 0.751. The third kappa shape index (κ3) is 2.29. The maximum absolute atomic E-state index is 11.3. The van der Waals surface area contributed by atoms with Gasteiger partial charge in [-0.05, 0) is 23.8 Å². The van der Waals surface area contributed by atoms with Crippen molar-refractivity contribution >= 4 is 22.5 Å². The molecule has 5 nitrogen and oxygen atoms in total. The van der Waals surface area contributed by atoms with Crippen molar-refractivity contribution in [1.82, 2.24) is 9.97 Å². The van der Waals surface area contributed by atoms with E-state index in [0.717, 1.165) is 16.3 Å². The van der Waals surface area contributed by atoms with E-state index < -0.39 is 5.91 Å². The lowest BCUT2D eigenvalue weighted by Crippen LogP contribution is -2.17. The van der Waals surface area contributed by atoms with E-state index in [-0.39, 0.29) is 11.4 Å². The Morgan fingerprint density at radius 3 is 2.43 bits per heavy atom. The van der Waals surface area contributed by atoms with Crippen LogP contribution in [0.5, 0.6) is 0 Å². The lowest BCUT2D eigenvalue weighted by molar-refractivity contribution is 0.1000. The number of nitrogens with zero attached hydrogens (tertiary/aromatic N) is 2. The zero-order chi connectivity index (χ0) is 15.0. The Bertz CT molecular complexity index is 835. The van der Waals surface area contributed by atoms with Gasteiger partial charge in [-0.2, -0.15) is 0 Å². The van der Waals surface area contributed by atoms with Crippen molar-refractivity contribution in [2.24, 2.45) is 5.73 Å². The van der Waals surface area contributed by atoms with Crippen LogP contribution in [0.3, 0.4) is 0 Å². The second kappa shape index (κ2) is 4.86. The van der Waals surface area contributed by atoms with Crippen LogP contribution in [0.4, 0.5) is 5.82 Å². The van der Waals surface area contributed by atoms with Crippen molar-refractivity contribution in [3.8, 4) is 11.4 Å². The van der Waals surface area contributed by atoms with E-state index in [9.17, 15) is 4.79 Å². The molecule has 3 aromatic rings. The fourth-order valence-corrected chi connectivity index (χ4v) is 2.36. The molecule has 1 heterocycles. The first kappa shape index (κ1) is 13.1. The first-order valence-electron chi connectivity index (χ1n) is 6.49. The van der Waals surface area contributed by atoms with Gasteiger partial charge in [0, 0.05) is 5.56 Å². The molecule has 0 saturated heterocycles. The summed E-state index contributed by atoms with van der Waals surface area (Å²) in [7, 11) is 0. The predicted octanol–water partition coefficient (Wildman–Crippen LogP) is 2.29. The van der Waals surface area contributed by atoms with Crippen LogP contribution in [-0.2, 0) is 0 Å². The number of carbonyl (C=O) groups excluding carboxylic acids is 1. The summed E-state index contributed by atoms with van der Waals surface area (Å²) in [6.07, 6.45) is 0. The van der Waals surface area contributed by atoms with Crippen LogP contribution in [0.15, 0.2) is 42.5 Å². The van der Waals surface area contributed by atoms with Crippen LogP contribution in [0, 0.1) is 6.92 Å². The van der Waals surface area contributed by atoms with Gasteiger partial charge >= 0.3 is 0 Å². The maximum atomic E-state index is 11.3. The summed E-state index contributed by atoms with van der Waals surface area (Å²) >= 11 is 0. The van der Waals surface area contributed by atoms with Gasteiger partial charge in [0.1, 0.15) is 11.4 Å². The van der Waals surface area contributed by atoms with Gasteiger partial charge in [0.2, 0.25) is 0 Å². The molecule has 1 aromatic heterocycles. The summed E-state index contributed by atoms with van der Waals surface area (Å²) in [5, 5.41) is 2.23. The van der Waals surface area contributed by atoms with E-state index in [1.54, 1.807) is 6.92 Å². The number of primary amides is 1. The highest BCUT2D eigenvalue weighted by Gasteiger charge is 2.15. The molecular formula is C16H14N4O. The zero-order valence-corrected chi connectivity index (χ0v) is 11.5. The van der Waals surface area contributed by atoms with E-state index in [2.05, 4.69) is 9.97 Å². The van der Waals surface area contributed by atoms with Crippen LogP contribution in [0.25, 0.3) is 22.2 Å². The topological polar surface area (TPSA) is 94.9 Å². The molecule has 2 aromatic carbocycles. The fourth-order valence-electron chi connectivity index (χ4n) is 2.36. The Labute approximate surface area is 121 Å². The molecule has 1 amide bonds. The molecule has 0 aliphatic heterocycles. The Morgan fingerprint density at radius 2 is 1.76 bits per heavy atom. The lowest BCUT2D eigenvalue weighted by Gasteiger charge is -2.08. The molecule has 4 N–H and O–H groups in total. The van der Waals surface area contributed by atoms with E-state index in [0.29, 0.717) is 11.5 Å². The van der Waals surface area contributed by atoms with Gasteiger partial charge in [-0.1, -0.05) is 36.4 Å². The molecule has 0 aliphatic rings. The monoisotopic (exact) mass is 278 g/mol. The molecule has 0 bridgehead atoms. The summed E-state index contributed by atoms with van der Waals surface area (Å²) in [5.41, 5.74) is 12.6. The minimum atomic E-state index is -0.616. The number of anilines is 1. The fraction of sp³-hybridized carbons (Fsp3) is 0.0625. The minimum Gasteiger partial charge on any atom is -0.383 e. The smallest absolute Gasteiger partial charge is 0.254 e. The van der Waals surface area contributed by atoms with Crippen molar-refractivity contribution < 1.29 is 4.79 Å². The number of nitrogen functional groups attached to an aromatic ring is 1. The van der Waals surface area contributed by atoms with Gasteiger partial charge in [0.25, 0.3) is 5.91 Å². The number of carbonyl (C=O) groups is 1.